The molecular weight excluding hydrogens is 146 g/mol. The maximum absolute atomic E-state index is 11.1. The van der Waals surface area contributed by atoms with Crippen LogP contribution in [-0.2, 0) is 25.4 Å². The molecule has 1 aromatic rings. The minimum Gasteiger partial charge on any atom is -0.377 e. The first kappa shape index (κ1) is 8.00. The molecule has 1 aromatic heterocycles. The third-order valence-corrected chi connectivity index (χ3v) is 1.49. The molecule has 0 aliphatic rings. The second kappa shape index (κ2) is 2.87. The van der Waals surface area contributed by atoms with Gasteiger partial charge in [0.15, 0.2) is 5.82 Å². The molecule has 0 bridgehead atoms. The van der Waals surface area contributed by atoms with Crippen molar-refractivity contribution >= 4 is 0 Å². The first-order valence-corrected chi connectivity index (χ1v) is 3.24. The van der Waals surface area contributed by atoms with Crippen LogP contribution < -0.4 is 5.69 Å². The van der Waals surface area contributed by atoms with Gasteiger partial charge in [-0.25, -0.2) is 9.48 Å². The van der Waals surface area contributed by atoms with E-state index in [1.54, 1.807) is 21.2 Å². The molecule has 1 rings (SSSR count). The fourth-order valence-electron chi connectivity index (χ4n) is 0.865. The summed E-state index contributed by atoms with van der Waals surface area (Å²) in [5.41, 5.74) is -0.128. The van der Waals surface area contributed by atoms with E-state index in [1.807, 2.05) is 0 Å². The van der Waals surface area contributed by atoms with Gasteiger partial charge in [-0.15, -0.1) is 0 Å². The molecule has 0 atom stereocenters. The number of rotatable bonds is 2. The van der Waals surface area contributed by atoms with Gasteiger partial charge >= 0.3 is 5.69 Å². The monoisotopic (exact) mass is 157 g/mol. The molecule has 62 valence electrons. The van der Waals surface area contributed by atoms with Crippen LogP contribution in [0.2, 0.25) is 0 Å². The van der Waals surface area contributed by atoms with Crippen LogP contribution in [0.15, 0.2) is 4.79 Å². The normalized spacial score (nSPS) is 10.5. The van der Waals surface area contributed by atoms with Gasteiger partial charge < -0.3 is 4.74 Å². The van der Waals surface area contributed by atoms with Crippen molar-refractivity contribution in [3.05, 3.63) is 16.3 Å². The maximum atomic E-state index is 11.1. The molecule has 0 amide bonds. The maximum Gasteiger partial charge on any atom is 0.345 e. The Balaban J connectivity index is 3.08. The zero-order valence-electron chi connectivity index (χ0n) is 6.87. The van der Waals surface area contributed by atoms with Gasteiger partial charge in [-0.05, 0) is 0 Å². The number of nitrogens with zero attached hydrogens (tertiary/aromatic N) is 3. The summed E-state index contributed by atoms with van der Waals surface area (Å²) in [6, 6.07) is 0. The molecule has 0 saturated carbocycles. The molecule has 0 fully saturated rings. The topological polar surface area (TPSA) is 49.1 Å². The fraction of sp³-hybridized carbons (Fsp3) is 0.667. The Hall–Kier alpha value is -1.10. The summed E-state index contributed by atoms with van der Waals surface area (Å²) in [6.45, 7) is 0.368. The van der Waals surface area contributed by atoms with Crippen LogP contribution in [0.3, 0.4) is 0 Å². The van der Waals surface area contributed by atoms with Crippen molar-refractivity contribution in [2.24, 2.45) is 14.1 Å². The zero-order valence-corrected chi connectivity index (χ0v) is 6.87. The van der Waals surface area contributed by atoms with Gasteiger partial charge in [0.1, 0.15) is 6.61 Å². The molecule has 0 spiro atoms. The third kappa shape index (κ3) is 1.32. The SMILES string of the molecule is COCc1nn(C)c(=O)n1C. The highest BCUT2D eigenvalue weighted by Gasteiger charge is 2.05. The predicted octanol–water partition coefficient (Wildman–Crippen LogP) is -0.735. The van der Waals surface area contributed by atoms with E-state index in [0.717, 1.165) is 0 Å². The van der Waals surface area contributed by atoms with Gasteiger partial charge in [0.25, 0.3) is 0 Å². The smallest absolute Gasteiger partial charge is 0.345 e. The van der Waals surface area contributed by atoms with Crippen molar-refractivity contribution < 1.29 is 4.74 Å². The molecule has 0 N–H and O–H groups in total. The average Bonchev–Trinajstić information content (AvgIpc) is 2.19. The summed E-state index contributed by atoms with van der Waals surface area (Å²) in [5, 5.41) is 3.94. The molecule has 11 heavy (non-hydrogen) atoms. The summed E-state index contributed by atoms with van der Waals surface area (Å²) >= 11 is 0. The van der Waals surface area contributed by atoms with Crippen molar-refractivity contribution in [1.29, 1.82) is 0 Å². The largest absolute Gasteiger partial charge is 0.377 e. The molecule has 0 unspecified atom stereocenters. The van der Waals surface area contributed by atoms with Crippen LogP contribution in [0.4, 0.5) is 0 Å². The first-order chi connectivity index (χ1) is 5.16. The van der Waals surface area contributed by atoms with E-state index >= 15 is 0 Å². The average molecular weight is 157 g/mol. The summed E-state index contributed by atoms with van der Waals surface area (Å²) < 4.78 is 7.59. The number of hydrogen-bond donors (Lipinski definition) is 0. The molecular formula is C6H11N3O2. The van der Waals surface area contributed by atoms with E-state index in [1.165, 1.54) is 9.25 Å². The van der Waals surface area contributed by atoms with Crippen LogP contribution in [-0.4, -0.2) is 21.5 Å². The molecule has 5 heteroatoms. The lowest BCUT2D eigenvalue weighted by Crippen LogP contribution is -2.20. The standard InChI is InChI=1S/C6H11N3O2/c1-8-5(4-11-3)7-9(2)6(8)10/h4H2,1-3H3. The Morgan fingerprint density at radius 3 is 2.55 bits per heavy atom. The highest BCUT2D eigenvalue weighted by atomic mass is 16.5. The molecule has 5 nitrogen and oxygen atoms in total. The summed E-state index contributed by atoms with van der Waals surface area (Å²) in [6.07, 6.45) is 0. The Morgan fingerprint density at radius 1 is 1.55 bits per heavy atom. The van der Waals surface area contributed by atoms with Crippen molar-refractivity contribution in [3.63, 3.8) is 0 Å². The summed E-state index contributed by atoms with van der Waals surface area (Å²) in [5.74, 6) is 0.639. The zero-order chi connectivity index (χ0) is 8.43. The van der Waals surface area contributed by atoms with Gasteiger partial charge in [0, 0.05) is 21.2 Å². The Bertz CT molecular complexity index is 299. The number of hydrogen-bond acceptors (Lipinski definition) is 3. The van der Waals surface area contributed by atoms with Crippen LogP contribution in [0.1, 0.15) is 5.82 Å². The lowest BCUT2D eigenvalue weighted by atomic mass is 10.6. The Labute approximate surface area is 64.2 Å². The van der Waals surface area contributed by atoms with Crippen molar-refractivity contribution in [2.45, 2.75) is 6.61 Å². The molecule has 1 heterocycles. The predicted molar refractivity (Wildman–Crippen MR) is 39.2 cm³/mol. The molecule has 0 radical (unpaired) electrons. The van der Waals surface area contributed by atoms with Crippen molar-refractivity contribution in [1.82, 2.24) is 14.3 Å². The first-order valence-electron chi connectivity index (χ1n) is 3.24. The number of ether oxygens (including phenoxy) is 1. The highest BCUT2D eigenvalue weighted by Crippen LogP contribution is 1.89. The van der Waals surface area contributed by atoms with E-state index in [-0.39, 0.29) is 5.69 Å². The fourth-order valence-corrected chi connectivity index (χ4v) is 0.865. The molecule has 0 aliphatic heterocycles. The molecule has 0 saturated heterocycles. The summed E-state index contributed by atoms with van der Waals surface area (Å²) in [4.78, 5) is 11.1. The van der Waals surface area contributed by atoms with E-state index in [0.29, 0.717) is 12.4 Å². The van der Waals surface area contributed by atoms with Crippen LogP contribution >= 0.6 is 0 Å². The lowest BCUT2D eigenvalue weighted by Gasteiger charge is -1.94. The quantitative estimate of drug-likeness (QED) is 0.568. The van der Waals surface area contributed by atoms with Gasteiger partial charge in [-0.1, -0.05) is 0 Å². The second-order valence-corrected chi connectivity index (χ2v) is 2.31. The highest BCUT2D eigenvalue weighted by molar-refractivity contribution is 4.82. The minimum atomic E-state index is -0.128. The van der Waals surface area contributed by atoms with Gasteiger partial charge in [-0.3, -0.25) is 4.57 Å². The van der Waals surface area contributed by atoms with E-state index in [2.05, 4.69) is 5.10 Å². The Kier molecular flexibility index (Phi) is 2.09. The van der Waals surface area contributed by atoms with Crippen molar-refractivity contribution in [3.8, 4) is 0 Å². The Morgan fingerprint density at radius 2 is 2.18 bits per heavy atom. The lowest BCUT2D eigenvalue weighted by molar-refractivity contribution is 0.174. The van der Waals surface area contributed by atoms with Crippen LogP contribution in [0, 0.1) is 0 Å². The van der Waals surface area contributed by atoms with E-state index in [4.69, 9.17) is 4.74 Å². The van der Waals surface area contributed by atoms with Gasteiger partial charge in [0.2, 0.25) is 0 Å². The van der Waals surface area contributed by atoms with Crippen molar-refractivity contribution in [2.75, 3.05) is 7.11 Å². The second-order valence-electron chi connectivity index (χ2n) is 2.31. The van der Waals surface area contributed by atoms with Gasteiger partial charge in [0.05, 0.1) is 0 Å². The minimum absolute atomic E-state index is 0.128. The van der Waals surface area contributed by atoms with E-state index in [9.17, 15) is 4.79 Å². The number of aryl methyl sites for hydroxylation is 1. The molecule has 0 aromatic carbocycles. The van der Waals surface area contributed by atoms with E-state index < -0.39 is 0 Å². The third-order valence-electron chi connectivity index (χ3n) is 1.49. The summed E-state index contributed by atoms with van der Waals surface area (Å²) in [7, 11) is 4.85. The number of aromatic nitrogens is 3. The van der Waals surface area contributed by atoms with Crippen LogP contribution in [0.5, 0.6) is 0 Å². The molecule has 0 aliphatic carbocycles. The number of methoxy groups -OCH3 is 1. The van der Waals surface area contributed by atoms with Crippen LogP contribution in [0.25, 0.3) is 0 Å². The van der Waals surface area contributed by atoms with Gasteiger partial charge in [-0.2, -0.15) is 5.10 Å².